The summed E-state index contributed by atoms with van der Waals surface area (Å²) < 4.78 is 10.1. The lowest BCUT2D eigenvalue weighted by Crippen LogP contribution is -2.43. The number of amides is 1. The Morgan fingerprint density at radius 2 is 1.36 bits per heavy atom. The first kappa shape index (κ1) is 24.5. The van der Waals surface area contributed by atoms with E-state index in [0.29, 0.717) is 5.75 Å². The van der Waals surface area contributed by atoms with Gasteiger partial charge in [-0.05, 0) is 52.1 Å². The number of esters is 1. The highest BCUT2D eigenvalue weighted by Crippen LogP contribution is 2.28. The number of phenols is 1. The lowest BCUT2D eigenvalue weighted by atomic mass is 9.99. The Balaban J connectivity index is 1.52. The second kappa shape index (κ2) is 11.2. The summed E-state index contributed by atoms with van der Waals surface area (Å²) >= 11 is 0. The maximum Gasteiger partial charge on any atom is 0.328 e. The van der Waals surface area contributed by atoms with Gasteiger partial charge in [0.2, 0.25) is 0 Å². The van der Waals surface area contributed by atoms with Crippen molar-refractivity contribution in [1.29, 1.82) is 0 Å². The van der Waals surface area contributed by atoms with Crippen LogP contribution >= 0.6 is 0 Å². The number of nitrogens with one attached hydrogen (secondary N) is 1. The Hall–Kier alpha value is -4.58. The van der Waals surface area contributed by atoms with Gasteiger partial charge in [-0.25, -0.2) is 4.79 Å². The van der Waals surface area contributed by atoms with E-state index in [0.717, 1.165) is 27.8 Å². The molecule has 0 radical (unpaired) electrons. The molecule has 2 N–H and O–H groups in total. The molecule has 1 atom stereocenters. The zero-order valence-corrected chi connectivity index (χ0v) is 20.1. The fourth-order valence-electron chi connectivity index (χ4n) is 3.95. The molecular formula is C30H27NO5. The lowest BCUT2D eigenvalue weighted by molar-refractivity contribution is -0.142. The number of aromatic hydroxyl groups is 1. The highest BCUT2D eigenvalue weighted by molar-refractivity contribution is 6.00. The molecule has 1 amide bonds. The van der Waals surface area contributed by atoms with Crippen LogP contribution < -0.4 is 10.1 Å². The van der Waals surface area contributed by atoms with Crippen LogP contribution in [0.15, 0.2) is 97.1 Å². The topological polar surface area (TPSA) is 84.9 Å². The number of benzene rings is 4. The molecule has 0 aliphatic heterocycles. The van der Waals surface area contributed by atoms with Gasteiger partial charge in [0, 0.05) is 6.42 Å². The number of rotatable bonds is 8. The van der Waals surface area contributed by atoms with Crippen molar-refractivity contribution in [2.24, 2.45) is 0 Å². The van der Waals surface area contributed by atoms with Gasteiger partial charge >= 0.3 is 5.97 Å². The third-order valence-corrected chi connectivity index (χ3v) is 5.96. The molecule has 6 heteroatoms. The molecule has 0 aromatic heterocycles. The minimum atomic E-state index is -0.922. The molecule has 6 nitrogen and oxygen atoms in total. The van der Waals surface area contributed by atoms with Gasteiger partial charge in [0.25, 0.3) is 5.91 Å². The highest BCUT2D eigenvalue weighted by Gasteiger charge is 2.24. The number of carbonyl (C=O) groups is 2. The fourth-order valence-corrected chi connectivity index (χ4v) is 3.95. The standard InChI is InChI=1S/C30H27NO5/c1-35-25-15-12-23(13-16-25)24-14-17-28(32)26(19-24)29(33)31-27(30(34)36-2)18-20-8-10-22(11-9-20)21-6-4-3-5-7-21/h3-17,19,27,32H,18H2,1-2H3,(H,31,33)/t27-/m0/s1. The Morgan fingerprint density at radius 1 is 0.778 bits per heavy atom. The van der Waals surface area contributed by atoms with Gasteiger partial charge in [-0.2, -0.15) is 0 Å². The summed E-state index contributed by atoms with van der Waals surface area (Å²) in [6.07, 6.45) is 0.242. The van der Waals surface area contributed by atoms with Crippen LogP contribution in [0.3, 0.4) is 0 Å². The average molecular weight is 482 g/mol. The molecule has 0 spiro atoms. The van der Waals surface area contributed by atoms with E-state index in [1.165, 1.54) is 13.2 Å². The summed E-state index contributed by atoms with van der Waals surface area (Å²) in [6.45, 7) is 0. The predicted octanol–water partition coefficient (Wildman–Crippen LogP) is 5.25. The normalized spacial score (nSPS) is 11.4. The predicted molar refractivity (Wildman–Crippen MR) is 139 cm³/mol. The molecule has 36 heavy (non-hydrogen) atoms. The minimum Gasteiger partial charge on any atom is -0.507 e. The third-order valence-electron chi connectivity index (χ3n) is 5.96. The molecule has 4 aromatic carbocycles. The van der Waals surface area contributed by atoms with Crippen molar-refractivity contribution >= 4 is 11.9 Å². The first-order valence-corrected chi connectivity index (χ1v) is 11.5. The van der Waals surface area contributed by atoms with E-state index in [1.807, 2.05) is 78.9 Å². The number of hydrogen-bond donors (Lipinski definition) is 2. The van der Waals surface area contributed by atoms with Gasteiger partial charge in [0.1, 0.15) is 17.5 Å². The molecule has 0 unspecified atom stereocenters. The van der Waals surface area contributed by atoms with Crippen LogP contribution in [0.25, 0.3) is 22.3 Å². The summed E-state index contributed by atoms with van der Waals surface area (Å²) in [6, 6.07) is 29.0. The van der Waals surface area contributed by atoms with E-state index < -0.39 is 17.9 Å². The Bertz CT molecular complexity index is 1330. The van der Waals surface area contributed by atoms with Crippen molar-refractivity contribution in [3.05, 3.63) is 108 Å². The van der Waals surface area contributed by atoms with E-state index in [4.69, 9.17) is 9.47 Å². The van der Waals surface area contributed by atoms with Crippen molar-refractivity contribution in [2.45, 2.75) is 12.5 Å². The van der Waals surface area contributed by atoms with Crippen molar-refractivity contribution in [2.75, 3.05) is 14.2 Å². The van der Waals surface area contributed by atoms with Crippen LogP contribution in [0.5, 0.6) is 11.5 Å². The van der Waals surface area contributed by atoms with E-state index >= 15 is 0 Å². The molecule has 0 aliphatic carbocycles. The SMILES string of the molecule is COC(=O)[C@H](Cc1ccc(-c2ccccc2)cc1)NC(=O)c1cc(-c2ccc(OC)cc2)ccc1O. The van der Waals surface area contributed by atoms with E-state index in [1.54, 1.807) is 19.2 Å². The first-order chi connectivity index (χ1) is 17.5. The fraction of sp³-hybridized carbons (Fsp3) is 0.133. The van der Waals surface area contributed by atoms with Crippen LogP contribution in [-0.2, 0) is 16.0 Å². The zero-order valence-electron chi connectivity index (χ0n) is 20.1. The number of methoxy groups -OCH3 is 2. The second-order valence-electron chi connectivity index (χ2n) is 8.28. The van der Waals surface area contributed by atoms with Crippen LogP contribution in [-0.4, -0.2) is 37.2 Å². The monoisotopic (exact) mass is 481 g/mol. The van der Waals surface area contributed by atoms with Crippen LogP contribution in [0.2, 0.25) is 0 Å². The number of ether oxygens (including phenoxy) is 2. The van der Waals surface area contributed by atoms with Gasteiger partial charge < -0.3 is 19.9 Å². The maximum atomic E-state index is 13.1. The molecule has 0 fully saturated rings. The molecule has 0 saturated carbocycles. The molecule has 4 rings (SSSR count). The van der Waals surface area contributed by atoms with Gasteiger partial charge in [-0.1, -0.05) is 72.8 Å². The quantitative estimate of drug-likeness (QED) is 0.336. The van der Waals surface area contributed by atoms with E-state index in [2.05, 4.69) is 5.32 Å². The minimum absolute atomic E-state index is 0.0663. The molecule has 182 valence electrons. The number of phenolic OH excluding ortho intramolecular Hbond substituents is 1. The van der Waals surface area contributed by atoms with Crippen molar-refractivity contribution in [3.63, 3.8) is 0 Å². The van der Waals surface area contributed by atoms with Gasteiger partial charge in [-0.3, -0.25) is 4.79 Å². The molecule has 0 heterocycles. The van der Waals surface area contributed by atoms with Gasteiger partial charge in [0.05, 0.1) is 19.8 Å². The van der Waals surface area contributed by atoms with Crippen molar-refractivity contribution < 1.29 is 24.2 Å². The van der Waals surface area contributed by atoms with Crippen LogP contribution in [0.4, 0.5) is 0 Å². The molecule has 0 bridgehead atoms. The summed E-state index contributed by atoms with van der Waals surface area (Å²) in [5.41, 5.74) is 4.67. The molecule has 0 aliphatic rings. The zero-order chi connectivity index (χ0) is 25.5. The van der Waals surface area contributed by atoms with Crippen molar-refractivity contribution in [3.8, 4) is 33.8 Å². The smallest absolute Gasteiger partial charge is 0.328 e. The van der Waals surface area contributed by atoms with Gasteiger partial charge in [0.15, 0.2) is 0 Å². The second-order valence-corrected chi connectivity index (χ2v) is 8.28. The summed E-state index contributed by atoms with van der Waals surface area (Å²) in [5.74, 6) is -0.603. The van der Waals surface area contributed by atoms with Gasteiger partial charge in [-0.15, -0.1) is 0 Å². The van der Waals surface area contributed by atoms with Crippen LogP contribution in [0, 0.1) is 0 Å². The Kier molecular flexibility index (Phi) is 7.66. The average Bonchev–Trinajstić information content (AvgIpc) is 2.93. The Labute approximate surface area is 210 Å². The summed E-state index contributed by atoms with van der Waals surface area (Å²) in [4.78, 5) is 25.6. The number of carbonyl (C=O) groups excluding carboxylic acids is 2. The summed E-state index contributed by atoms with van der Waals surface area (Å²) in [5, 5.41) is 13.1. The lowest BCUT2D eigenvalue weighted by Gasteiger charge is -2.18. The number of hydrogen-bond acceptors (Lipinski definition) is 5. The first-order valence-electron chi connectivity index (χ1n) is 11.5. The molecule has 4 aromatic rings. The molecular weight excluding hydrogens is 454 g/mol. The summed E-state index contributed by atoms with van der Waals surface area (Å²) in [7, 11) is 2.87. The van der Waals surface area contributed by atoms with Crippen molar-refractivity contribution in [1.82, 2.24) is 5.32 Å². The third kappa shape index (κ3) is 5.73. The van der Waals surface area contributed by atoms with Crippen LogP contribution in [0.1, 0.15) is 15.9 Å². The maximum absolute atomic E-state index is 13.1. The van der Waals surface area contributed by atoms with E-state index in [-0.39, 0.29) is 17.7 Å². The molecule has 0 saturated heterocycles. The highest BCUT2D eigenvalue weighted by atomic mass is 16.5. The Morgan fingerprint density at radius 3 is 2.00 bits per heavy atom. The van der Waals surface area contributed by atoms with E-state index in [9.17, 15) is 14.7 Å². The largest absolute Gasteiger partial charge is 0.507 e.